The van der Waals surface area contributed by atoms with Gasteiger partial charge in [0.05, 0.1) is 7.11 Å². The summed E-state index contributed by atoms with van der Waals surface area (Å²) in [5.74, 6) is 0.924. The molecule has 1 aliphatic carbocycles. The first-order valence-electron chi connectivity index (χ1n) is 4.50. The summed E-state index contributed by atoms with van der Waals surface area (Å²) in [6.45, 7) is 2.26. The van der Waals surface area contributed by atoms with Crippen LogP contribution >= 0.6 is 11.6 Å². The Hall–Kier alpha value is -0.690. The third kappa shape index (κ3) is 1.53. The number of benzene rings is 1. The maximum absolute atomic E-state index is 5.89. The van der Waals surface area contributed by atoms with Crippen molar-refractivity contribution in [2.24, 2.45) is 0 Å². The van der Waals surface area contributed by atoms with Gasteiger partial charge < -0.3 is 4.74 Å². The van der Waals surface area contributed by atoms with E-state index in [0.29, 0.717) is 5.41 Å². The summed E-state index contributed by atoms with van der Waals surface area (Å²) in [5, 5.41) is 0.741. The highest BCUT2D eigenvalue weighted by Crippen LogP contribution is 2.51. The highest BCUT2D eigenvalue weighted by Gasteiger charge is 2.41. The average Bonchev–Trinajstić information content (AvgIpc) is 2.84. The second-order valence-electron chi connectivity index (χ2n) is 3.91. The van der Waals surface area contributed by atoms with Gasteiger partial charge in [-0.25, -0.2) is 0 Å². The first-order chi connectivity index (χ1) is 6.15. The van der Waals surface area contributed by atoms with Gasteiger partial charge in [-0.3, -0.25) is 0 Å². The third-order valence-corrected chi connectivity index (χ3v) is 3.05. The van der Waals surface area contributed by atoms with Crippen LogP contribution in [0.3, 0.4) is 0 Å². The van der Waals surface area contributed by atoms with E-state index in [2.05, 4.69) is 13.0 Å². The molecule has 0 N–H and O–H groups in total. The monoisotopic (exact) mass is 196 g/mol. The van der Waals surface area contributed by atoms with Gasteiger partial charge in [0.25, 0.3) is 0 Å². The van der Waals surface area contributed by atoms with E-state index in [4.69, 9.17) is 16.3 Å². The highest BCUT2D eigenvalue weighted by atomic mass is 35.5. The van der Waals surface area contributed by atoms with E-state index in [9.17, 15) is 0 Å². The van der Waals surface area contributed by atoms with E-state index in [0.717, 1.165) is 10.8 Å². The maximum Gasteiger partial charge on any atom is 0.124 e. The molecule has 0 amide bonds. The van der Waals surface area contributed by atoms with Crippen molar-refractivity contribution in [3.8, 4) is 5.75 Å². The minimum absolute atomic E-state index is 0.343. The molecule has 0 unspecified atom stereocenters. The van der Waals surface area contributed by atoms with Crippen LogP contribution in [0, 0.1) is 0 Å². The van der Waals surface area contributed by atoms with Crippen LogP contribution in [0.4, 0.5) is 0 Å². The molecule has 2 rings (SSSR count). The molecule has 1 saturated carbocycles. The van der Waals surface area contributed by atoms with Crippen molar-refractivity contribution in [3.05, 3.63) is 28.8 Å². The zero-order chi connectivity index (χ0) is 9.47. The maximum atomic E-state index is 5.89. The number of methoxy groups -OCH3 is 1. The Morgan fingerprint density at radius 2 is 2.08 bits per heavy atom. The first-order valence-corrected chi connectivity index (χ1v) is 4.87. The fourth-order valence-electron chi connectivity index (χ4n) is 1.62. The predicted octanol–water partition coefficient (Wildman–Crippen LogP) is 3.40. The molecule has 0 bridgehead atoms. The Morgan fingerprint density at radius 3 is 2.62 bits per heavy atom. The van der Waals surface area contributed by atoms with E-state index >= 15 is 0 Å². The number of hydrogen-bond donors (Lipinski definition) is 0. The zero-order valence-corrected chi connectivity index (χ0v) is 8.69. The molecule has 0 saturated heterocycles. The topological polar surface area (TPSA) is 9.23 Å². The SMILES string of the molecule is COc1cc(Cl)ccc1C1(C)CC1. The van der Waals surface area contributed by atoms with Gasteiger partial charge in [0.1, 0.15) is 5.75 Å². The average molecular weight is 197 g/mol. The lowest BCUT2D eigenvalue weighted by atomic mass is 9.97. The minimum Gasteiger partial charge on any atom is -0.496 e. The van der Waals surface area contributed by atoms with Crippen LogP contribution in [0.1, 0.15) is 25.3 Å². The lowest BCUT2D eigenvalue weighted by Crippen LogP contribution is -2.02. The molecule has 1 fully saturated rings. The van der Waals surface area contributed by atoms with Crippen LogP contribution in [0.15, 0.2) is 18.2 Å². The number of halogens is 1. The number of ether oxygens (including phenoxy) is 1. The normalized spacial score (nSPS) is 18.4. The zero-order valence-electron chi connectivity index (χ0n) is 7.93. The molecule has 0 aromatic heterocycles. The molecule has 0 heterocycles. The van der Waals surface area contributed by atoms with Gasteiger partial charge in [-0.1, -0.05) is 24.6 Å². The molecule has 70 valence electrons. The van der Waals surface area contributed by atoms with E-state index in [1.54, 1.807) is 7.11 Å². The second kappa shape index (κ2) is 2.91. The van der Waals surface area contributed by atoms with Crippen LogP contribution in [-0.2, 0) is 5.41 Å². The Bertz CT molecular complexity index is 329. The molecule has 0 spiro atoms. The predicted molar refractivity (Wildman–Crippen MR) is 54.6 cm³/mol. The summed E-state index contributed by atoms with van der Waals surface area (Å²) in [7, 11) is 1.70. The van der Waals surface area contributed by atoms with E-state index in [1.807, 2.05) is 12.1 Å². The molecule has 13 heavy (non-hydrogen) atoms. The highest BCUT2D eigenvalue weighted by molar-refractivity contribution is 6.30. The van der Waals surface area contributed by atoms with Gasteiger partial charge in [-0.05, 0) is 30.4 Å². The minimum atomic E-state index is 0.343. The summed E-state index contributed by atoms with van der Waals surface area (Å²) in [4.78, 5) is 0. The third-order valence-electron chi connectivity index (χ3n) is 2.81. The first kappa shape index (κ1) is 8.89. The van der Waals surface area contributed by atoms with Gasteiger partial charge in [-0.2, -0.15) is 0 Å². The molecular weight excluding hydrogens is 184 g/mol. The Labute approximate surface area is 83.7 Å². The second-order valence-corrected chi connectivity index (χ2v) is 4.34. The van der Waals surface area contributed by atoms with Crippen molar-refractivity contribution < 1.29 is 4.74 Å². The van der Waals surface area contributed by atoms with Crippen molar-refractivity contribution >= 4 is 11.6 Å². The fraction of sp³-hybridized carbons (Fsp3) is 0.455. The van der Waals surface area contributed by atoms with Gasteiger partial charge in [0.2, 0.25) is 0 Å². The Morgan fingerprint density at radius 1 is 1.38 bits per heavy atom. The van der Waals surface area contributed by atoms with E-state index < -0.39 is 0 Å². The van der Waals surface area contributed by atoms with Crippen LogP contribution in [-0.4, -0.2) is 7.11 Å². The van der Waals surface area contributed by atoms with Crippen molar-refractivity contribution in [2.75, 3.05) is 7.11 Å². The molecule has 1 nitrogen and oxygen atoms in total. The molecule has 0 aliphatic heterocycles. The summed E-state index contributed by atoms with van der Waals surface area (Å²) in [6.07, 6.45) is 2.51. The Balaban J connectivity index is 2.45. The Kier molecular flexibility index (Phi) is 1.99. The summed E-state index contributed by atoms with van der Waals surface area (Å²) in [6, 6.07) is 5.90. The van der Waals surface area contributed by atoms with Crippen molar-refractivity contribution in [1.82, 2.24) is 0 Å². The summed E-state index contributed by atoms with van der Waals surface area (Å²) < 4.78 is 5.31. The van der Waals surface area contributed by atoms with Crippen LogP contribution in [0.25, 0.3) is 0 Å². The number of hydrogen-bond acceptors (Lipinski definition) is 1. The van der Waals surface area contributed by atoms with Crippen LogP contribution < -0.4 is 4.74 Å². The van der Waals surface area contributed by atoms with Gasteiger partial charge in [0.15, 0.2) is 0 Å². The molecule has 2 heteroatoms. The standard InChI is InChI=1S/C11H13ClO/c1-11(5-6-11)9-4-3-8(12)7-10(9)13-2/h3-4,7H,5-6H2,1-2H3. The fourth-order valence-corrected chi connectivity index (χ4v) is 1.78. The van der Waals surface area contributed by atoms with Gasteiger partial charge >= 0.3 is 0 Å². The largest absolute Gasteiger partial charge is 0.496 e. The molecule has 1 aromatic carbocycles. The molecule has 0 atom stereocenters. The molecule has 1 aliphatic rings. The van der Waals surface area contributed by atoms with Crippen molar-refractivity contribution in [3.63, 3.8) is 0 Å². The van der Waals surface area contributed by atoms with Crippen LogP contribution in [0.2, 0.25) is 5.02 Å². The van der Waals surface area contributed by atoms with Gasteiger partial charge in [0, 0.05) is 10.6 Å². The summed E-state index contributed by atoms with van der Waals surface area (Å²) in [5.41, 5.74) is 1.63. The lowest BCUT2D eigenvalue weighted by molar-refractivity contribution is 0.405. The molecule has 1 aromatic rings. The molecular formula is C11H13ClO. The van der Waals surface area contributed by atoms with Gasteiger partial charge in [-0.15, -0.1) is 0 Å². The van der Waals surface area contributed by atoms with E-state index in [1.165, 1.54) is 18.4 Å². The quantitative estimate of drug-likeness (QED) is 0.705. The summed E-state index contributed by atoms with van der Waals surface area (Å²) >= 11 is 5.89. The van der Waals surface area contributed by atoms with Crippen LogP contribution in [0.5, 0.6) is 5.75 Å². The van der Waals surface area contributed by atoms with E-state index in [-0.39, 0.29) is 0 Å². The smallest absolute Gasteiger partial charge is 0.124 e. The van der Waals surface area contributed by atoms with Crippen molar-refractivity contribution in [1.29, 1.82) is 0 Å². The molecule has 0 radical (unpaired) electrons. The lowest BCUT2D eigenvalue weighted by Gasteiger charge is -2.13. The van der Waals surface area contributed by atoms with Crippen molar-refractivity contribution in [2.45, 2.75) is 25.2 Å². The number of rotatable bonds is 2.